The summed E-state index contributed by atoms with van der Waals surface area (Å²) in [5.74, 6) is 0.552. The van der Waals surface area contributed by atoms with Gasteiger partial charge in [0, 0.05) is 0 Å². The quantitative estimate of drug-likeness (QED) is 0.777. The fraction of sp³-hybridized carbons (Fsp3) is 0.188. The first-order chi connectivity index (χ1) is 11.2. The van der Waals surface area contributed by atoms with Crippen molar-refractivity contribution in [3.63, 3.8) is 0 Å². The smallest absolute Gasteiger partial charge is 0.248 e. The summed E-state index contributed by atoms with van der Waals surface area (Å²) >= 11 is 12.4. The number of fused-ring (bicyclic) bond motifs is 1. The van der Waals surface area contributed by atoms with Crippen LogP contribution in [0, 0.1) is 0 Å². The van der Waals surface area contributed by atoms with Crippen molar-refractivity contribution in [3.8, 4) is 5.69 Å². The van der Waals surface area contributed by atoms with Crippen molar-refractivity contribution in [3.05, 3.63) is 63.6 Å². The minimum atomic E-state index is 0.189. The van der Waals surface area contributed by atoms with Crippen LogP contribution in [-0.4, -0.2) is 20.2 Å². The van der Waals surface area contributed by atoms with Crippen molar-refractivity contribution in [2.45, 2.75) is 18.9 Å². The van der Waals surface area contributed by atoms with Crippen LogP contribution in [-0.2, 0) is 6.42 Å². The maximum Gasteiger partial charge on any atom is 0.248 e. The van der Waals surface area contributed by atoms with Gasteiger partial charge in [-0.3, -0.25) is 0 Å². The molecular formula is C16H13Cl2N5. The molecule has 2 aromatic carbocycles. The molecule has 1 atom stereocenters. The molecule has 23 heavy (non-hydrogen) atoms. The summed E-state index contributed by atoms with van der Waals surface area (Å²) < 4.78 is 1.58. The Labute approximate surface area is 143 Å². The number of nitrogens with one attached hydrogen (secondary N) is 1. The minimum Gasteiger partial charge on any atom is -0.346 e. The van der Waals surface area contributed by atoms with E-state index >= 15 is 0 Å². The van der Waals surface area contributed by atoms with E-state index < -0.39 is 0 Å². The van der Waals surface area contributed by atoms with E-state index in [1.54, 1.807) is 10.7 Å². The molecule has 0 spiro atoms. The second-order valence-electron chi connectivity index (χ2n) is 5.42. The number of nitrogens with zero attached hydrogens (tertiary/aromatic N) is 4. The van der Waals surface area contributed by atoms with Gasteiger partial charge in [0.2, 0.25) is 5.95 Å². The van der Waals surface area contributed by atoms with Crippen molar-refractivity contribution in [1.29, 1.82) is 0 Å². The largest absolute Gasteiger partial charge is 0.346 e. The molecule has 0 amide bonds. The summed E-state index contributed by atoms with van der Waals surface area (Å²) in [6, 6.07) is 14.0. The molecule has 0 radical (unpaired) electrons. The van der Waals surface area contributed by atoms with Crippen molar-refractivity contribution < 1.29 is 0 Å². The number of anilines is 1. The molecule has 4 rings (SSSR count). The van der Waals surface area contributed by atoms with E-state index in [1.807, 2.05) is 12.1 Å². The van der Waals surface area contributed by atoms with Crippen LogP contribution in [0.3, 0.4) is 0 Å². The zero-order valence-electron chi connectivity index (χ0n) is 12.1. The van der Waals surface area contributed by atoms with Gasteiger partial charge in [0.05, 0.1) is 21.8 Å². The molecule has 0 saturated carbocycles. The maximum atomic E-state index is 6.28. The molecule has 0 fully saturated rings. The van der Waals surface area contributed by atoms with Gasteiger partial charge in [0.1, 0.15) is 0 Å². The fourth-order valence-corrected chi connectivity index (χ4v) is 3.33. The van der Waals surface area contributed by atoms with Crippen LogP contribution in [0.25, 0.3) is 5.69 Å². The Morgan fingerprint density at radius 3 is 2.87 bits per heavy atom. The second-order valence-corrected chi connectivity index (χ2v) is 6.21. The highest BCUT2D eigenvalue weighted by Crippen LogP contribution is 2.34. The number of hydrogen-bond donors (Lipinski definition) is 1. The molecule has 5 nitrogen and oxygen atoms in total. The Hall–Kier alpha value is -2.11. The van der Waals surface area contributed by atoms with Gasteiger partial charge >= 0.3 is 0 Å². The molecule has 116 valence electrons. The van der Waals surface area contributed by atoms with Crippen molar-refractivity contribution >= 4 is 29.2 Å². The van der Waals surface area contributed by atoms with Gasteiger partial charge in [-0.25, -0.2) is 0 Å². The Balaban J connectivity index is 1.68. The average Bonchev–Trinajstić information content (AvgIpc) is 3.18. The van der Waals surface area contributed by atoms with E-state index in [2.05, 4.69) is 45.1 Å². The summed E-state index contributed by atoms with van der Waals surface area (Å²) in [7, 11) is 0. The van der Waals surface area contributed by atoms with E-state index in [0.717, 1.165) is 12.8 Å². The standard InChI is InChI=1S/C16H13Cl2N5/c17-12-6-3-7-14(15(12)18)23-16(20-21-22-23)19-13-9-8-10-4-1-2-5-11(10)13/h1-7,13H,8-9H2,(H,19,20,22)/t13-/m1/s1. The van der Waals surface area contributed by atoms with Crippen LogP contribution in [0.5, 0.6) is 0 Å². The highest BCUT2D eigenvalue weighted by Gasteiger charge is 2.24. The lowest BCUT2D eigenvalue weighted by atomic mass is 10.1. The van der Waals surface area contributed by atoms with Crippen LogP contribution >= 0.6 is 23.2 Å². The lowest BCUT2D eigenvalue weighted by Gasteiger charge is -2.15. The number of benzene rings is 2. The minimum absolute atomic E-state index is 0.189. The SMILES string of the molecule is Clc1cccc(-n2nnnc2N[C@@H]2CCc3ccccc32)c1Cl. The van der Waals surface area contributed by atoms with Gasteiger partial charge < -0.3 is 5.32 Å². The van der Waals surface area contributed by atoms with Gasteiger partial charge in [0.15, 0.2) is 0 Å². The van der Waals surface area contributed by atoms with E-state index in [4.69, 9.17) is 23.2 Å². The Kier molecular flexibility index (Phi) is 3.67. The first kappa shape index (κ1) is 14.5. The molecule has 1 N–H and O–H groups in total. The Bertz CT molecular complexity index is 861. The molecular weight excluding hydrogens is 333 g/mol. The predicted octanol–water partition coefficient (Wildman–Crippen LogP) is 4.07. The molecule has 0 unspecified atom stereocenters. The lowest BCUT2D eigenvalue weighted by molar-refractivity contribution is 0.737. The number of rotatable bonds is 3. The van der Waals surface area contributed by atoms with Crippen LogP contribution in [0.1, 0.15) is 23.6 Å². The molecule has 0 bridgehead atoms. The Morgan fingerprint density at radius 2 is 1.96 bits per heavy atom. The van der Waals surface area contributed by atoms with Crippen molar-refractivity contribution in [1.82, 2.24) is 20.2 Å². The van der Waals surface area contributed by atoms with Crippen LogP contribution in [0.4, 0.5) is 5.95 Å². The summed E-state index contributed by atoms with van der Waals surface area (Å²) in [5.41, 5.74) is 3.31. The van der Waals surface area contributed by atoms with Gasteiger partial charge in [0.25, 0.3) is 0 Å². The molecule has 1 aliphatic rings. The molecule has 1 aliphatic carbocycles. The van der Waals surface area contributed by atoms with E-state index in [9.17, 15) is 0 Å². The highest BCUT2D eigenvalue weighted by molar-refractivity contribution is 6.43. The third-order valence-electron chi connectivity index (χ3n) is 4.07. The maximum absolute atomic E-state index is 6.28. The first-order valence-electron chi connectivity index (χ1n) is 7.31. The average molecular weight is 346 g/mol. The predicted molar refractivity (Wildman–Crippen MR) is 90.3 cm³/mol. The Morgan fingerprint density at radius 1 is 1.09 bits per heavy atom. The molecule has 1 aromatic heterocycles. The number of aromatic nitrogens is 4. The van der Waals surface area contributed by atoms with Crippen molar-refractivity contribution in [2.24, 2.45) is 0 Å². The molecule has 7 heteroatoms. The summed E-state index contributed by atoms with van der Waals surface area (Å²) in [6.07, 6.45) is 2.06. The number of tetrazole rings is 1. The molecule has 3 aromatic rings. The van der Waals surface area contributed by atoms with Crippen LogP contribution in [0.15, 0.2) is 42.5 Å². The van der Waals surface area contributed by atoms with Crippen molar-refractivity contribution in [2.75, 3.05) is 5.32 Å². The summed E-state index contributed by atoms with van der Waals surface area (Å²) in [6.45, 7) is 0. The number of aryl methyl sites for hydroxylation is 1. The second kappa shape index (κ2) is 5.83. The number of halogens is 2. The fourth-order valence-electron chi connectivity index (χ4n) is 2.96. The monoisotopic (exact) mass is 345 g/mol. The zero-order chi connectivity index (χ0) is 15.8. The van der Waals surface area contributed by atoms with E-state index in [1.165, 1.54) is 11.1 Å². The molecule has 0 aliphatic heterocycles. The van der Waals surface area contributed by atoms with Gasteiger partial charge in [-0.1, -0.05) is 58.6 Å². The normalized spacial score (nSPS) is 16.3. The van der Waals surface area contributed by atoms with E-state index in [0.29, 0.717) is 21.7 Å². The zero-order valence-corrected chi connectivity index (χ0v) is 13.6. The summed E-state index contributed by atoms with van der Waals surface area (Å²) in [4.78, 5) is 0. The van der Waals surface area contributed by atoms with E-state index in [-0.39, 0.29) is 6.04 Å². The van der Waals surface area contributed by atoms with Gasteiger partial charge in [-0.05, 0) is 46.5 Å². The van der Waals surface area contributed by atoms with Crippen LogP contribution in [0.2, 0.25) is 10.0 Å². The molecule has 1 heterocycles. The lowest BCUT2D eigenvalue weighted by Crippen LogP contribution is -2.12. The topological polar surface area (TPSA) is 55.6 Å². The third-order valence-corrected chi connectivity index (χ3v) is 4.87. The summed E-state index contributed by atoms with van der Waals surface area (Å²) in [5, 5.41) is 16.2. The third kappa shape index (κ3) is 2.56. The number of hydrogen-bond acceptors (Lipinski definition) is 4. The highest BCUT2D eigenvalue weighted by atomic mass is 35.5. The van der Waals surface area contributed by atoms with Crippen LogP contribution < -0.4 is 5.32 Å². The molecule has 0 saturated heterocycles. The van der Waals surface area contributed by atoms with Gasteiger partial charge in [-0.2, -0.15) is 4.68 Å². The first-order valence-corrected chi connectivity index (χ1v) is 8.07. The van der Waals surface area contributed by atoms with Gasteiger partial charge in [-0.15, -0.1) is 0 Å².